The lowest BCUT2D eigenvalue weighted by molar-refractivity contribution is -0.120. The summed E-state index contributed by atoms with van der Waals surface area (Å²) in [5, 5.41) is 8.03. The number of rotatable bonds is 9. The number of hydrogen-bond donors (Lipinski definition) is 3. The molecule has 0 saturated carbocycles. The van der Waals surface area contributed by atoms with E-state index in [9.17, 15) is 9.59 Å². The van der Waals surface area contributed by atoms with Crippen LogP contribution in [0, 0.1) is 6.92 Å². The average Bonchev–Trinajstić information content (AvgIpc) is 3.28. The van der Waals surface area contributed by atoms with Crippen LogP contribution in [0.25, 0.3) is 0 Å². The van der Waals surface area contributed by atoms with Crippen molar-refractivity contribution in [3.63, 3.8) is 0 Å². The predicted octanol–water partition coefficient (Wildman–Crippen LogP) is 1.72. The summed E-state index contributed by atoms with van der Waals surface area (Å²) in [5.74, 6) is 0.474. The molecule has 0 spiro atoms. The molecule has 3 amide bonds. The van der Waals surface area contributed by atoms with Crippen LogP contribution in [0.3, 0.4) is 0 Å². The van der Waals surface area contributed by atoms with E-state index in [0.717, 1.165) is 39.1 Å². The Labute approximate surface area is 177 Å². The molecule has 8 heteroatoms. The number of carbonyl (C=O) groups is 2. The van der Waals surface area contributed by atoms with Gasteiger partial charge in [-0.2, -0.15) is 0 Å². The second kappa shape index (κ2) is 11.3. The fraction of sp³-hybridized carbons (Fsp3) is 0.455. The highest BCUT2D eigenvalue weighted by Gasteiger charge is 2.16. The van der Waals surface area contributed by atoms with Gasteiger partial charge in [0, 0.05) is 38.4 Å². The van der Waals surface area contributed by atoms with Gasteiger partial charge in [0.2, 0.25) is 5.91 Å². The van der Waals surface area contributed by atoms with Crippen molar-refractivity contribution >= 4 is 17.6 Å². The minimum Gasteiger partial charge on any atom is -0.467 e. The Morgan fingerprint density at radius 2 is 1.87 bits per heavy atom. The number of aryl methyl sites for hydroxylation is 1. The summed E-state index contributed by atoms with van der Waals surface area (Å²) in [6.07, 6.45) is 2.44. The predicted molar refractivity (Wildman–Crippen MR) is 116 cm³/mol. The van der Waals surface area contributed by atoms with E-state index in [4.69, 9.17) is 4.42 Å². The van der Waals surface area contributed by atoms with Gasteiger partial charge in [0.25, 0.3) is 0 Å². The molecule has 1 aromatic carbocycles. The monoisotopic (exact) mass is 413 g/mol. The largest absolute Gasteiger partial charge is 0.467 e. The molecule has 8 nitrogen and oxygen atoms in total. The van der Waals surface area contributed by atoms with Gasteiger partial charge >= 0.3 is 6.03 Å². The highest BCUT2D eigenvalue weighted by atomic mass is 16.3. The first-order valence-corrected chi connectivity index (χ1v) is 10.4. The molecule has 1 saturated heterocycles. The molecule has 30 heavy (non-hydrogen) atoms. The molecular formula is C22H31N5O3. The number of hydrogen-bond acceptors (Lipinski definition) is 5. The molecule has 1 aliphatic heterocycles. The number of urea groups is 1. The Kier molecular flexibility index (Phi) is 8.14. The lowest BCUT2D eigenvalue weighted by Crippen LogP contribution is -2.47. The van der Waals surface area contributed by atoms with Crippen LogP contribution in [0.2, 0.25) is 0 Å². The number of anilines is 1. The summed E-state index contributed by atoms with van der Waals surface area (Å²) < 4.78 is 5.13. The number of amides is 3. The average molecular weight is 414 g/mol. The van der Waals surface area contributed by atoms with Crippen molar-refractivity contribution in [3.05, 3.63) is 54.0 Å². The molecule has 1 aliphatic rings. The molecule has 0 unspecified atom stereocenters. The Balaban J connectivity index is 1.22. The molecule has 3 rings (SSSR count). The molecule has 162 valence electrons. The third kappa shape index (κ3) is 7.11. The first-order chi connectivity index (χ1) is 14.6. The van der Waals surface area contributed by atoms with Gasteiger partial charge in [0.15, 0.2) is 0 Å². The molecular weight excluding hydrogens is 382 g/mol. The minimum absolute atomic E-state index is 0.0425. The van der Waals surface area contributed by atoms with Gasteiger partial charge in [-0.3, -0.25) is 9.69 Å². The van der Waals surface area contributed by atoms with Gasteiger partial charge < -0.3 is 25.3 Å². The van der Waals surface area contributed by atoms with E-state index in [0.29, 0.717) is 12.3 Å². The van der Waals surface area contributed by atoms with E-state index in [1.807, 2.05) is 0 Å². The van der Waals surface area contributed by atoms with E-state index >= 15 is 0 Å². The smallest absolute Gasteiger partial charge is 0.315 e. The lowest BCUT2D eigenvalue weighted by Gasteiger charge is -2.36. The van der Waals surface area contributed by atoms with Crippen LogP contribution in [0.4, 0.5) is 10.5 Å². The fourth-order valence-corrected chi connectivity index (χ4v) is 3.45. The zero-order valence-corrected chi connectivity index (χ0v) is 17.5. The van der Waals surface area contributed by atoms with Gasteiger partial charge in [0.1, 0.15) is 5.76 Å². The first-order valence-electron chi connectivity index (χ1n) is 10.4. The number of benzene rings is 1. The highest BCUT2D eigenvalue weighted by Crippen LogP contribution is 2.17. The number of furan rings is 1. The van der Waals surface area contributed by atoms with Crippen LogP contribution < -0.4 is 20.9 Å². The topological polar surface area (TPSA) is 89.9 Å². The van der Waals surface area contributed by atoms with Crippen LogP contribution in [0.15, 0.2) is 47.1 Å². The molecule has 1 fully saturated rings. The van der Waals surface area contributed by atoms with Crippen LogP contribution in [0.5, 0.6) is 0 Å². The third-order valence-electron chi connectivity index (χ3n) is 5.13. The van der Waals surface area contributed by atoms with Gasteiger partial charge in [-0.05, 0) is 49.7 Å². The maximum atomic E-state index is 11.9. The van der Waals surface area contributed by atoms with Gasteiger partial charge in [-0.15, -0.1) is 0 Å². The van der Waals surface area contributed by atoms with E-state index < -0.39 is 6.03 Å². The van der Waals surface area contributed by atoms with Gasteiger partial charge in [-0.25, -0.2) is 4.79 Å². The molecule has 0 aliphatic carbocycles. The zero-order chi connectivity index (χ0) is 21.2. The fourth-order valence-electron chi connectivity index (χ4n) is 3.45. The van der Waals surface area contributed by atoms with Crippen molar-refractivity contribution in [2.75, 3.05) is 50.7 Å². The molecule has 2 heterocycles. The number of carbonyl (C=O) groups excluding carboxylic acids is 2. The number of nitrogens with zero attached hydrogens (tertiary/aromatic N) is 2. The SMILES string of the molecule is Cc1cccc(N2CCN(CCCNC(=O)CNC(=O)NCc3ccco3)CC2)c1. The lowest BCUT2D eigenvalue weighted by atomic mass is 10.2. The Morgan fingerprint density at radius 3 is 2.60 bits per heavy atom. The molecule has 2 aromatic rings. The second-order valence-corrected chi connectivity index (χ2v) is 7.49. The van der Waals surface area contributed by atoms with Crippen LogP contribution >= 0.6 is 0 Å². The van der Waals surface area contributed by atoms with Crippen molar-refractivity contribution in [2.45, 2.75) is 19.9 Å². The van der Waals surface area contributed by atoms with Crippen LogP contribution in [0.1, 0.15) is 17.7 Å². The Bertz CT molecular complexity index is 801. The summed E-state index contributed by atoms with van der Waals surface area (Å²) in [5.41, 5.74) is 2.58. The van der Waals surface area contributed by atoms with E-state index in [2.05, 4.69) is 56.9 Å². The molecule has 0 bridgehead atoms. The van der Waals surface area contributed by atoms with Crippen LogP contribution in [-0.4, -0.2) is 62.7 Å². The Morgan fingerprint density at radius 1 is 1.03 bits per heavy atom. The summed E-state index contributed by atoms with van der Waals surface area (Å²) in [7, 11) is 0. The van der Waals surface area contributed by atoms with E-state index in [1.54, 1.807) is 18.4 Å². The zero-order valence-electron chi connectivity index (χ0n) is 17.5. The quantitative estimate of drug-likeness (QED) is 0.545. The standard InChI is InChI=1S/C22H31N5O3/c1-18-5-2-6-19(15-18)27-12-10-26(11-13-27)9-4-8-23-21(28)17-25-22(29)24-16-20-7-3-14-30-20/h2-3,5-7,14-15H,4,8-13,16-17H2,1H3,(H,23,28)(H2,24,25,29). The molecule has 3 N–H and O–H groups in total. The summed E-state index contributed by atoms with van der Waals surface area (Å²) in [4.78, 5) is 28.4. The number of piperazine rings is 1. The summed E-state index contributed by atoms with van der Waals surface area (Å²) in [6, 6.07) is 11.8. The summed E-state index contributed by atoms with van der Waals surface area (Å²) >= 11 is 0. The van der Waals surface area contributed by atoms with Crippen molar-refractivity contribution in [2.24, 2.45) is 0 Å². The maximum Gasteiger partial charge on any atom is 0.315 e. The first kappa shape index (κ1) is 21.7. The van der Waals surface area contributed by atoms with Gasteiger partial charge in [0.05, 0.1) is 19.4 Å². The molecule has 0 atom stereocenters. The number of nitrogens with one attached hydrogen (secondary N) is 3. The van der Waals surface area contributed by atoms with E-state index in [1.165, 1.54) is 11.3 Å². The van der Waals surface area contributed by atoms with E-state index in [-0.39, 0.29) is 19.0 Å². The molecule has 1 aromatic heterocycles. The maximum absolute atomic E-state index is 11.9. The summed E-state index contributed by atoms with van der Waals surface area (Å²) in [6.45, 7) is 8.03. The van der Waals surface area contributed by atoms with Crippen LogP contribution in [-0.2, 0) is 11.3 Å². The normalized spacial score (nSPS) is 14.4. The third-order valence-corrected chi connectivity index (χ3v) is 5.13. The Hall–Kier alpha value is -3.00. The highest BCUT2D eigenvalue weighted by molar-refractivity contribution is 5.83. The van der Waals surface area contributed by atoms with Crippen molar-refractivity contribution in [1.82, 2.24) is 20.9 Å². The van der Waals surface area contributed by atoms with Crippen molar-refractivity contribution < 1.29 is 14.0 Å². The van der Waals surface area contributed by atoms with Crippen molar-refractivity contribution in [3.8, 4) is 0 Å². The van der Waals surface area contributed by atoms with Gasteiger partial charge in [-0.1, -0.05) is 12.1 Å². The minimum atomic E-state index is -0.395. The molecule has 0 radical (unpaired) electrons. The second-order valence-electron chi connectivity index (χ2n) is 7.49. The van der Waals surface area contributed by atoms with Crippen molar-refractivity contribution in [1.29, 1.82) is 0 Å².